The third kappa shape index (κ3) is 3.63. The zero-order chi connectivity index (χ0) is 17.8. The van der Waals surface area contributed by atoms with Crippen LogP contribution in [0.2, 0.25) is 0 Å². The Morgan fingerprint density at radius 1 is 1.04 bits per heavy atom. The van der Waals surface area contributed by atoms with E-state index < -0.39 is 0 Å². The summed E-state index contributed by atoms with van der Waals surface area (Å²) in [4.78, 5) is 14.7. The average molecular weight is 341 g/mol. The predicted molar refractivity (Wildman–Crippen MR) is 98.8 cm³/mol. The predicted octanol–water partition coefficient (Wildman–Crippen LogP) is 3.27. The molecule has 6 nitrogen and oxygen atoms in total. The molecule has 1 aliphatic heterocycles. The quantitative estimate of drug-likeness (QED) is 0.816. The molecule has 3 rings (SSSR count). The van der Waals surface area contributed by atoms with E-state index in [4.69, 9.17) is 15.2 Å². The molecule has 1 saturated heterocycles. The van der Waals surface area contributed by atoms with Crippen LogP contribution in [0.1, 0.15) is 23.2 Å². The second-order valence-corrected chi connectivity index (χ2v) is 6.00. The number of anilines is 3. The molecule has 0 saturated carbocycles. The lowest BCUT2D eigenvalue weighted by Gasteiger charge is -2.19. The first-order chi connectivity index (χ1) is 12.1. The van der Waals surface area contributed by atoms with E-state index in [1.807, 2.05) is 23.1 Å². The first-order valence-corrected chi connectivity index (χ1v) is 8.30. The van der Waals surface area contributed by atoms with Gasteiger partial charge in [-0.15, -0.1) is 0 Å². The molecule has 6 heteroatoms. The second kappa shape index (κ2) is 7.34. The molecule has 0 spiro atoms. The molecule has 2 aromatic rings. The summed E-state index contributed by atoms with van der Waals surface area (Å²) in [6.45, 7) is 1.58. The molecule has 25 heavy (non-hydrogen) atoms. The first kappa shape index (κ1) is 17.0. The van der Waals surface area contributed by atoms with E-state index in [0.29, 0.717) is 28.4 Å². The van der Waals surface area contributed by atoms with E-state index in [1.165, 1.54) is 0 Å². The number of likely N-dealkylation sites (tertiary alicyclic amines) is 1. The molecule has 0 radical (unpaired) electrons. The van der Waals surface area contributed by atoms with Gasteiger partial charge in [-0.05, 0) is 43.2 Å². The highest BCUT2D eigenvalue weighted by Crippen LogP contribution is 2.33. The fourth-order valence-electron chi connectivity index (χ4n) is 2.99. The number of amides is 1. The second-order valence-electron chi connectivity index (χ2n) is 6.00. The monoisotopic (exact) mass is 341 g/mol. The van der Waals surface area contributed by atoms with Gasteiger partial charge in [0, 0.05) is 24.8 Å². The summed E-state index contributed by atoms with van der Waals surface area (Å²) in [5, 5.41) is 3.29. The van der Waals surface area contributed by atoms with Crippen molar-refractivity contribution >= 4 is 23.0 Å². The van der Waals surface area contributed by atoms with Gasteiger partial charge in [-0.1, -0.05) is 0 Å². The number of methoxy groups -OCH3 is 2. The number of rotatable bonds is 5. The van der Waals surface area contributed by atoms with Crippen LogP contribution < -0.4 is 20.5 Å². The van der Waals surface area contributed by atoms with Crippen molar-refractivity contribution in [1.29, 1.82) is 0 Å². The minimum absolute atomic E-state index is 0.000205. The Balaban J connectivity index is 1.93. The van der Waals surface area contributed by atoms with Crippen molar-refractivity contribution in [2.75, 3.05) is 38.4 Å². The molecule has 0 unspecified atom stereocenters. The summed E-state index contributed by atoms with van der Waals surface area (Å²) in [6.07, 6.45) is 2.09. The Morgan fingerprint density at radius 3 is 2.44 bits per heavy atom. The highest BCUT2D eigenvalue weighted by Gasteiger charge is 2.22. The van der Waals surface area contributed by atoms with E-state index in [2.05, 4.69) is 5.32 Å². The van der Waals surface area contributed by atoms with Crippen molar-refractivity contribution in [3.05, 3.63) is 42.0 Å². The lowest BCUT2D eigenvalue weighted by Crippen LogP contribution is -2.28. The minimum Gasteiger partial charge on any atom is -0.497 e. The molecule has 0 aliphatic carbocycles. The molecular weight excluding hydrogens is 318 g/mol. The SMILES string of the molecule is COc1ccc(Nc2ccc(N)cc2C(=O)N2CCCC2)c(OC)c1. The molecule has 1 amide bonds. The molecule has 2 aromatic carbocycles. The van der Waals surface area contributed by atoms with Crippen molar-refractivity contribution < 1.29 is 14.3 Å². The number of benzene rings is 2. The van der Waals surface area contributed by atoms with Gasteiger partial charge >= 0.3 is 0 Å². The molecular formula is C19H23N3O3. The Kier molecular flexibility index (Phi) is 4.97. The highest BCUT2D eigenvalue weighted by molar-refractivity contribution is 6.01. The van der Waals surface area contributed by atoms with Gasteiger partial charge in [-0.25, -0.2) is 0 Å². The maximum atomic E-state index is 12.8. The standard InChI is InChI=1S/C19H23N3O3/c1-24-14-6-8-17(18(12-14)25-2)21-16-7-5-13(20)11-15(16)19(23)22-9-3-4-10-22/h5-8,11-12,21H,3-4,9-10,20H2,1-2H3. The summed E-state index contributed by atoms with van der Waals surface area (Å²) in [5.74, 6) is 1.34. The summed E-state index contributed by atoms with van der Waals surface area (Å²) in [5.41, 5.74) is 8.50. The molecule has 1 heterocycles. The van der Waals surface area contributed by atoms with Gasteiger partial charge in [0.2, 0.25) is 0 Å². The zero-order valence-corrected chi connectivity index (χ0v) is 14.5. The lowest BCUT2D eigenvalue weighted by atomic mass is 10.1. The van der Waals surface area contributed by atoms with E-state index in [9.17, 15) is 4.79 Å². The van der Waals surface area contributed by atoms with E-state index in [-0.39, 0.29) is 5.91 Å². The van der Waals surface area contributed by atoms with Gasteiger partial charge in [-0.2, -0.15) is 0 Å². The largest absolute Gasteiger partial charge is 0.497 e. The number of hydrogen-bond donors (Lipinski definition) is 2. The van der Waals surface area contributed by atoms with Gasteiger partial charge in [-0.3, -0.25) is 4.79 Å². The highest BCUT2D eigenvalue weighted by atomic mass is 16.5. The summed E-state index contributed by atoms with van der Waals surface area (Å²) >= 11 is 0. The van der Waals surface area contributed by atoms with Gasteiger partial charge < -0.3 is 25.4 Å². The van der Waals surface area contributed by atoms with Crippen LogP contribution in [0.4, 0.5) is 17.1 Å². The number of ether oxygens (including phenoxy) is 2. The van der Waals surface area contributed by atoms with Crippen LogP contribution in [-0.4, -0.2) is 38.1 Å². The summed E-state index contributed by atoms with van der Waals surface area (Å²) in [7, 11) is 3.20. The van der Waals surface area contributed by atoms with Gasteiger partial charge in [0.1, 0.15) is 11.5 Å². The van der Waals surface area contributed by atoms with E-state index in [0.717, 1.165) is 31.6 Å². The summed E-state index contributed by atoms with van der Waals surface area (Å²) < 4.78 is 10.6. The fraction of sp³-hybridized carbons (Fsp3) is 0.316. The van der Waals surface area contributed by atoms with Crippen molar-refractivity contribution in [3.8, 4) is 11.5 Å². The first-order valence-electron chi connectivity index (χ1n) is 8.30. The van der Waals surface area contributed by atoms with Crippen LogP contribution in [0.3, 0.4) is 0 Å². The van der Waals surface area contributed by atoms with Crippen LogP contribution >= 0.6 is 0 Å². The van der Waals surface area contributed by atoms with E-state index >= 15 is 0 Å². The third-order valence-electron chi connectivity index (χ3n) is 4.35. The molecule has 1 fully saturated rings. The normalized spacial score (nSPS) is 13.6. The van der Waals surface area contributed by atoms with Crippen molar-refractivity contribution in [2.45, 2.75) is 12.8 Å². The minimum atomic E-state index is -0.000205. The van der Waals surface area contributed by atoms with Crippen molar-refractivity contribution in [2.24, 2.45) is 0 Å². The fourth-order valence-corrected chi connectivity index (χ4v) is 2.99. The number of carbonyl (C=O) groups excluding carboxylic acids is 1. The maximum Gasteiger partial charge on any atom is 0.256 e. The number of carbonyl (C=O) groups is 1. The lowest BCUT2D eigenvalue weighted by molar-refractivity contribution is 0.0794. The smallest absolute Gasteiger partial charge is 0.256 e. The van der Waals surface area contributed by atoms with Gasteiger partial charge in [0.25, 0.3) is 5.91 Å². The van der Waals surface area contributed by atoms with Crippen molar-refractivity contribution in [1.82, 2.24) is 4.90 Å². The molecule has 0 bridgehead atoms. The number of hydrogen-bond acceptors (Lipinski definition) is 5. The molecule has 0 aromatic heterocycles. The Morgan fingerprint density at radius 2 is 1.76 bits per heavy atom. The van der Waals surface area contributed by atoms with Crippen LogP contribution in [0, 0.1) is 0 Å². The number of nitrogens with zero attached hydrogens (tertiary/aromatic N) is 1. The van der Waals surface area contributed by atoms with Gasteiger partial charge in [0.15, 0.2) is 0 Å². The van der Waals surface area contributed by atoms with Crippen LogP contribution in [0.25, 0.3) is 0 Å². The Bertz CT molecular complexity index is 771. The maximum absolute atomic E-state index is 12.8. The molecule has 3 N–H and O–H groups in total. The van der Waals surface area contributed by atoms with Gasteiger partial charge in [0.05, 0.1) is 31.2 Å². The van der Waals surface area contributed by atoms with Crippen LogP contribution in [-0.2, 0) is 0 Å². The van der Waals surface area contributed by atoms with Crippen LogP contribution in [0.15, 0.2) is 36.4 Å². The molecule has 0 atom stereocenters. The molecule has 1 aliphatic rings. The number of nitrogens with one attached hydrogen (secondary N) is 1. The van der Waals surface area contributed by atoms with Crippen molar-refractivity contribution in [3.63, 3.8) is 0 Å². The zero-order valence-electron chi connectivity index (χ0n) is 14.5. The van der Waals surface area contributed by atoms with Crippen LogP contribution in [0.5, 0.6) is 11.5 Å². The van der Waals surface area contributed by atoms with E-state index in [1.54, 1.807) is 32.4 Å². The Labute approximate surface area is 147 Å². The number of nitrogens with two attached hydrogens (primary N) is 1. The molecule has 132 valence electrons. The summed E-state index contributed by atoms with van der Waals surface area (Å²) in [6, 6.07) is 10.8. The third-order valence-corrected chi connectivity index (χ3v) is 4.35. The topological polar surface area (TPSA) is 76.8 Å². The average Bonchev–Trinajstić information content (AvgIpc) is 3.17. The number of nitrogen functional groups attached to an aromatic ring is 1. The Hall–Kier alpha value is -2.89.